The van der Waals surface area contributed by atoms with Crippen LogP contribution in [0.2, 0.25) is 0 Å². The van der Waals surface area contributed by atoms with Crippen molar-refractivity contribution in [1.29, 1.82) is 0 Å². The Bertz CT molecular complexity index is 678. The van der Waals surface area contributed by atoms with E-state index in [2.05, 4.69) is 10.5 Å². The van der Waals surface area contributed by atoms with E-state index in [1.165, 1.54) is 25.5 Å². The summed E-state index contributed by atoms with van der Waals surface area (Å²) >= 11 is 0. The van der Waals surface area contributed by atoms with E-state index in [-0.39, 0.29) is 29.8 Å². The minimum atomic E-state index is 0.121. The molecule has 1 aliphatic heterocycles. The average molecular weight is 357 g/mol. The van der Waals surface area contributed by atoms with Gasteiger partial charge in [-0.2, -0.15) is 0 Å². The number of aromatic nitrogens is 1. The zero-order chi connectivity index (χ0) is 17.7. The van der Waals surface area contributed by atoms with Crippen LogP contribution in [0.15, 0.2) is 17.0 Å². The number of nitrogens with one attached hydrogen (secondary N) is 1. The van der Waals surface area contributed by atoms with E-state index in [9.17, 15) is 9.59 Å². The maximum Gasteiger partial charge on any atom is 0.227 e. The molecule has 4 aliphatic rings. The fourth-order valence-corrected chi connectivity index (χ4v) is 5.74. The molecule has 0 aromatic carbocycles. The van der Waals surface area contributed by atoms with Crippen molar-refractivity contribution in [2.24, 2.45) is 23.7 Å². The van der Waals surface area contributed by atoms with Crippen LogP contribution in [0, 0.1) is 23.7 Å². The Morgan fingerprint density at radius 3 is 2.77 bits per heavy atom. The van der Waals surface area contributed by atoms with Gasteiger partial charge in [0.15, 0.2) is 0 Å². The number of rotatable bonds is 4. The second kappa shape index (κ2) is 6.39. The second-order valence-electron chi connectivity index (χ2n) is 8.81. The van der Waals surface area contributed by atoms with Crippen molar-refractivity contribution >= 4 is 11.8 Å². The first kappa shape index (κ1) is 16.3. The van der Waals surface area contributed by atoms with Gasteiger partial charge in [0.05, 0.1) is 18.7 Å². The summed E-state index contributed by atoms with van der Waals surface area (Å²) in [6.07, 6.45) is 11.5. The van der Waals surface area contributed by atoms with E-state index in [1.807, 2.05) is 4.90 Å². The highest BCUT2D eigenvalue weighted by molar-refractivity contribution is 5.81. The van der Waals surface area contributed by atoms with Gasteiger partial charge in [-0.15, -0.1) is 0 Å². The van der Waals surface area contributed by atoms with Crippen molar-refractivity contribution in [2.75, 3.05) is 6.54 Å². The first-order valence-electron chi connectivity index (χ1n) is 10.2. The molecular weight excluding hydrogens is 330 g/mol. The fraction of sp³-hybridized carbons (Fsp3) is 0.750. The molecule has 0 radical (unpaired) electrons. The highest BCUT2D eigenvalue weighted by Gasteiger charge is 2.50. The Labute approximate surface area is 153 Å². The van der Waals surface area contributed by atoms with Crippen LogP contribution < -0.4 is 5.32 Å². The SMILES string of the molecule is O=C(NC1CN(C(=O)Cc2cnoc2)C2CCCCC12)C1CC2CC2C1. The predicted molar refractivity (Wildman–Crippen MR) is 93.9 cm³/mol. The van der Waals surface area contributed by atoms with E-state index in [0.29, 0.717) is 18.9 Å². The molecule has 1 aromatic heterocycles. The first-order chi connectivity index (χ1) is 12.7. The van der Waals surface area contributed by atoms with Gasteiger partial charge in [0.2, 0.25) is 11.8 Å². The van der Waals surface area contributed by atoms with Crippen LogP contribution in [0.5, 0.6) is 0 Å². The van der Waals surface area contributed by atoms with Crippen LogP contribution in [-0.4, -0.2) is 40.5 Å². The molecule has 6 nitrogen and oxygen atoms in total. The molecule has 26 heavy (non-hydrogen) atoms. The smallest absolute Gasteiger partial charge is 0.227 e. The Balaban J connectivity index is 1.26. The molecule has 1 aromatic rings. The summed E-state index contributed by atoms with van der Waals surface area (Å²) in [5.41, 5.74) is 0.819. The van der Waals surface area contributed by atoms with Crippen LogP contribution in [0.3, 0.4) is 0 Å². The lowest BCUT2D eigenvalue weighted by Gasteiger charge is -2.32. The van der Waals surface area contributed by atoms with Crippen molar-refractivity contribution in [3.8, 4) is 0 Å². The standard InChI is InChI=1S/C20H27N3O3/c24-19(5-12-9-21-26-11-12)23-10-17(16-3-1-2-4-18(16)23)22-20(25)15-7-13-6-14(13)8-15/h9,11,13-18H,1-8,10H2,(H,22,25). The number of hydrogen-bond donors (Lipinski definition) is 1. The lowest BCUT2D eigenvalue weighted by atomic mass is 9.82. The summed E-state index contributed by atoms with van der Waals surface area (Å²) in [4.78, 5) is 27.6. The van der Waals surface area contributed by atoms with Crippen LogP contribution in [0.4, 0.5) is 0 Å². The van der Waals surface area contributed by atoms with Gasteiger partial charge in [-0.25, -0.2) is 0 Å². The summed E-state index contributed by atoms with van der Waals surface area (Å²) in [7, 11) is 0. The third-order valence-corrected chi connectivity index (χ3v) is 7.19. The quantitative estimate of drug-likeness (QED) is 0.896. The molecule has 1 saturated heterocycles. The normalized spacial score (nSPS) is 37.9. The summed E-state index contributed by atoms with van der Waals surface area (Å²) in [6.45, 7) is 0.658. The van der Waals surface area contributed by atoms with E-state index in [0.717, 1.165) is 43.1 Å². The van der Waals surface area contributed by atoms with Crippen LogP contribution in [0.1, 0.15) is 50.5 Å². The van der Waals surface area contributed by atoms with E-state index >= 15 is 0 Å². The Kier molecular flexibility index (Phi) is 4.02. The third kappa shape index (κ3) is 2.93. The summed E-state index contributed by atoms with van der Waals surface area (Å²) in [5.74, 6) is 2.62. The molecule has 5 unspecified atom stereocenters. The first-order valence-corrected chi connectivity index (χ1v) is 10.2. The summed E-state index contributed by atoms with van der Waals surface area (Å²) in [6, 6.07) is 0.398. The van der Waals surface area contributed by atoms with Crippen LogP contribution in [0.25, 0.3) is 0 Å². The number of carbonyl (C=O) groups is 2. The maximum atomic E-state index is 12.8. The number of fused-ring (bicyclic) bond motifs is 2. The second-order valence-corrected chi connectivity index (χ2v) is 8.81. The lowest BCUT2D eigenvalue weighted by molar-refractivity contribution is -0.132. The van der Waals surface area contributed by atoms with Crippen molar-refractivity contribution in [3.05, 3.63) is 18.0 Å². The number of carbonyl (C=O) groups excluding carboxylic acids is 2. The number of nitrogens with zero attached hydrogens (tertiary/aromatic N) is 2. The Morgan fingerprint density at radius 2 is 2.00 bits per heavy atom. The molecule has 140 valence electrons. The van der Waals surface area contributed by atoms with Gasteiger partial charge in [0.1, 0.15) is 6.26 Å². The van der Waals surface area contributed by atoms with Gasteiger partial charge < -0.3 is 14.7 Å². The number of amides is 2. The van der Waals surface area contributed by atoms with E-state index in [1.54, 1.807) is 6.20 Å². The van der Waals surface area contributed by atoms with E-state index in [4.69, 9.17) is 4.52 Å². The molecule has 3 aliphatic carbocycles. The fourth-order valence-electron chi connectivity index (χ4n) is 5.74. The third-order valence-electron chi connectivity index (χ3n) is 7.19. The van der Waals surface area contributed by atoms with Crippen molar-refractivity contribution in [3.63, 3.8) is 0 Å². The summed E-state index contributed by atoms with van der Waals surface area (Å²) in [5, 5.41) is 7.03. The highest BCUT2D eigenvalue weighted by Crippen LogP contribution is 2.54. The highest BCUT2D eigenvalue weighted by atomic mass is 16.5. The van der Waals surface area contributed by atoms with Crippen molar-refractivity contribution < 1.29 is 14.1 Å². The van der Waals surface area contributed by atoms with Crippen molar-refractivity contribution in [2.45, 2.75) is 63.5 Å². The molecule has 2 heterocycles. The zero-order valence-corrected chi connectivity index (χ0v) is 15.1. The lowest BCUT2D eigenvalue weighted by Crippen LogP contribution is -2.44. The molecule has 6 heteroatoms. The van der Waals surface area contributed by atoms with Crippen molar-refractivity contribution in [1.82, 2.24) is 15.4 Å². The van der Waals surface area contributed by atoms with Crippen LogP contribution in [-0.2, 0) is 16.0 Å². The molecule has 4 fully saturated rings. The molecule has 0 bridgehead atoms. The topological polar surface area (TPSA) is 75.4 Å². The van der Waals surface area contributed by atoms with Gasteiger partial charge >= 0.3 is 0 Å². The average Bonchev–Trinajstić information content (AvgIpc) is 3.04. The number of likely N-dealkylation sites (tertiary alicyclic amines) is 1. The number of hydrogen-bond acceptors (Lipinski definition) is 4. The molecular formula is C20H27N3O3. The molecule has 2 amide bonds. The largest absolute Gasteiger partial charge is 0.364 e. The molecule has 1 N–H and O–H groups in total. The van der Waals surface area contributed by atoms with Gasteiger partial charge in [0, 0.05) is 30.0 Å². The predicted octanol–water partition coefficient (Wildman–Crippen LogP) is 2.15. The van der Waals surface area contributed by atoms with Gasteiger partial charge in [-0.05, 0) is 43.9 Å². The molecule has 0 spiro atoms. The Hall–Kier alpha value is -1.85. The molecule has 5 atom stereocenters. The minimum absolute atomic E-state index is 0.121. The van der Waals surface area contributed by atoms with Gasteiger partial charge in [-0.3, -0.25) is 9.59 Å². The molecule has 3 saturated carbocycles. The van der Waals surface area contributed by atoms with Crippen LogP contribution >= 0.6 is 0 Å². The maximum absolute atomic E-state index is 12.8. The Morgan fingerprint density at radius 1 is 1.19 bits per heavy atom. The minimum Gasteiger partial charge on any atom is -0.364 e. The summed E-state index contributed by atoms with van der Waals surface area (Å²) < 4.78 is 4.85. The van der Waals surface area contributed by atoms with Gasteiger partial charge in [0.25, 0.3) is 0 Å². The zero-order valence-electron chi connectivity index (χ0n) is 15.1. The van der Waals surface area contributed by atoms with Gasteiger partial charge in [-0.1, -0.05) is 18.0 Å². The van der Waals surface area contributed by atoms with E-state index < -0.39 is 0 Å². The molecule has 5 rings (SSSR count). The monoisotopic (exact) mass is 357 g/mol.